The molecule has 15 rings (SSSR count). The molecule has 0 amide bonds. The Morgan fingerprint density at radius 3 is 1.05 bits per heavy atom. The number of Topliss-reactive ketones (excluding diaryl/α,β-unsaturated/α-hetero) is 2. The van der Waals surface area contributed by atoms with Gasteiger partial charge in [0.1, 0.15) is 11.6 Å². The Morgan fingerprint density at radius 2 is 0.697 bits per heavy atom. The van der Waals surface area contributed by atoms with Crippen LogP contribution in [0.1, 0.15) is 170 Å². The molecule has 2 aromatic carbocycles. The van der Waals surface area contributed by atoms with E-state index in [1.165, 1.54) is 49.7 Å². The molecule has 4 N–H and O–H groups in total. The summed E-state index contributed by atoms with van der Waals surface area (Å²) in [5.74, 6) is 11.4. The molecule has 8 saturated carbocycles. The fourth-order valence-corrected chi connectivity index (χ4v) is 24.8. The van der Waals surface area contributed by atoms with Gasteiger partial charge in [0.2, 0.25) is 0 Å². The highest BCUT2D eigenvalue weighted by molar-refractivity contribution is 5.86. The SMILES string of the molecule is CC(C)(C)C1CC2CC(C(C)(C)C)C3C4CC5NC4C4C6NC(CC6C(=O)C(C1)C2C43)C(c1ccccc1)C1CC2C(=O)C3CC(C(C)(C)C)CC4CC(C(C)(C)C)C6C7CC(NC7C(C2N1)C6C43)C5c1ccccc1. The third-order valence-electron chi connectivity index (χ3n) is 27.3. The van der Waals surface area contributed by atoms with Crippen molar-refractivity contribution in [3.63, 3.8) is 0 Å². The summed E-state index contributed by atoms with van der Waals surface area (Å²) in [7, 11) is 0. The molecule has 0 radical (unpaired) electrons. The highest BCUT2D eigenvalue weighted by Gasteiger charge is 2.74. The van der Waals surface area contributed by atoms with Crippen molar-refractivity contribution in [2.24, 2.45) is 140 Å². The topological polar surface area (TPSA) is 82.3 Å². The lowest BCUT2D eigenvalue weighted by atomic mass is 9.47. The molecular formula is C70H100N4O2. The monoisotopic (exact) mass is 1030 g/mol. The van der Waals surface area contributed by atoms with Gasteiger partial charge >= 0.3 is 0 Å². The number of hydrogen-bond donors (Lipinski definition) is 4. The molecule has 28 unspecified atom stereocenters. The summed E-state index contributed by atoms with van der Waals surface area (Å²) in [5.41, 5.74) is 3.68. The summed E-state index contributed by atoms with van der Waals surface area (Å²) in [6.07, 6.45) is 11.7. The molecule has 5 aliphatic heterocycles. The maximum Gasteiger partial charge on any atom is 0.140 e. The lowest BCUT2D eigenvalue weighted by Crippen LogP contribution is -2.56. The van der Waals surface area contributed by atoms with Gasteiger partial charge in [-0.1, -0.05) is 144 Å². The predicted molar refractivity (Wildman–Crippen MR) is 305 cm³/mol. The summed E-state index contributed by atoms with van der Waals surface area (Å²) in [6.45, 7) is 30.5. The maximum atomic E-state index is 16.4. The van der Waals surface area contributed by atoms with Crippen molar-refractivity contribution in [1.82, 2.24) is 21.3 Å². The second-order valence-electron chi connectivity index (χ2n) is 34.2. The average molecular weight is 1030 g/mol. The first kappa shape index (κ1) is 50.6. The van der Waals surface area contributed by atoms with E-state index < -0.39 is 0 Å². The Kier molecular flexibility index (Phi) is 11.4. The van der Waals surface area contributed by atoms with E-state index in [1.54, 1.807) is 0 Å². The van der Waals surface area contributed by atoms with Crippen LogP contribution in [-0.2, 0) is 9.59 Å². The van der Waals surface area contributed by atoms with Gasteiger partial charge in [-0.15, -0.1) is 0 Å². The zero-order chi connectivity index (χ0) is 52.6. The second-order valence-corrected chi connectivity index (χ2v) is 34.2. The average Bonchev–Trinajstić information content (AvgIpc) is 4.35. The molecule has 28 atom stereocenters. The van der Waals surface area contributed by atoms with Gasteiger partial charge in [-0.2, -0.15) is 0 Å². The molecular weight excluding hydrogens is 929 g/mol. The Bertz CT molecular complexity index is 2450. The minimum absolute atomic E-state index is 0.0264. The molecule has 412 valence electrons. The molecule has 2 aromatic rings. The van der Waals surface area contributed by atoms with Crippen molar-refractivity contribution in [1.29, 1.82) is 0 Å². The molecule has 0 spiro atoms. The molecule has 76 heavy (non-hydrogen) atoms. The van der Waals surface area contributed by atoms with E-state index in [-0.39, 0.29) is 75.4 Å². The molecule has 13 fully saturated rings. The van der Waals surface area contributed by atoms with Crippen LogP contribution in [0.4, 0.5) is 0 Å². The summed E-state index contributed by atoms with van der Waals surface area (Å²) in [6, 6.07) is 25.8. The molecule has 5 heterocycles. The van der Waals surface area contributed by atoms with Gasteiger partial charge in [0, 0.05) is 83.8 Å². The zero-order valence-corrected chi connectivity index (χ0v) is 49.0. The number of hydrogen-bond acceptors (Lipinski definition) is 6. The highest BCUT2D eigenvalue weighted by Crippen LogP contribution is 2.72. The van der Waals surface area contributed by atoms with Crippen LogP contribution in [0.15, 0.2) is 60.7 Å². The quantitative estimate of drug-likeness (QED) is 0.240. The summed E-state index contributed by atoms with van der Waals surface area (Å²) in [4.78, 5) is 32.7. The number of fused-ring (bicyclic) bond motifs is 6. The first-order chi connectivity index (χ1) is 36.0. The van der Waals surface area contributed by atoms with Crippen molar-refractivity contribution < 1.29 is 9.59 Å². The number of carbonyl (C=O) groups excluding carboxylic acids is 2. The molecule has 6 heteroatoms. The van der Waals surface area contributed by atoms with Gasteiger partial charge in [-0.05, 0) is 192 Å². The predicted octanol–water partition coefficient (Wildman–Crippen LogP) is 12.6. The van der Waals surface area contributed by atoms with Gasteiger partial charge in [0.25, 0.3) is 0 Å². The zero-order valence-electron chi connectivity index (χ0n) is 49.0. The van der Waals surface area contributed by atoms with Crippen LogP contribution in [0.2, 0.25) is 0 Å². The molecule has 5 saturated heterocycles. The fourth-order valence-electron chi connectivity index (χ4n) is 24.8. The van der Waals surface area contributed by atoms with E-state index in [9.17, 15) is 0 Å². The van der Waals surface area contributed by atoms with Crippen LogP contribution in [-0.4, -0.2) is 59.9 Å². The van der Waals surface area contributed by atoms with E-state index in [4.69, 9.17) is 10.6 Å². The van der Waals surface area contributed by atoms with Crippen LogP contribution in [0.3, 0.4) is 0 Å². The van der Waals surface area contributed by atoms with Gasteiger partial charge in [0.15, 0.2) is 0 Å². The summed E-state index contributed by atoms with van der Waals surface area (Å²) >= 11 is 0. The smallest absolute Gasteiger partial charge is 0.140 e. The van der Waals surface area contributed by atoms with E-state index in [0.717, 1.165) is 25.7 Å². The van der Waals surface area contributed by atoms with Crippen molar-refractivity contribution >= 4 is 11.6 Å². The highest BCUT2D eigenvalue weighted by atomic mass is 16.1. The lowest BCUT2D eigenvalue weighted by Gasteiger charge is -2.57. The first-order valence-electron chi connectivity index (χ1n) is 32.3. The Balaban J connectivity index is 0.924. The van der Waals surface area contributed by atoms with E-state index in [0.29, 0.717) is 136 Å². The van der Waals surface area contributed by atoms with E-state index in [1.807, 2.05) is 0 Å². The summed E-state index contributed by atoms with van der Waals surface area (Å²) < 4.78 is 0. The largest absolute Gasteiger partial charge is 0.310 e. The number of ketones is 2. The van der Waals surface area contributed by atoms with Crippen molar-refractivity contribution in [2.45, 2.75) is 207 Å². The molecule has 8 bridgehead atoms. The molecule has 0 aromatic heterocycles. The Hall–Kier alpha value is -2.38. The fraction of sp³-hybridized carbons (Fsp3) is 0.800. The van der Waals surface area contributed by atoms with Gasteiger partial charge in [-0.3, -0.25) is 9.59 Å². The minimum atomic E-state index is 0.0264. The normalized spacial score (nSPS) is 52.6. The molecule has 13 aliphatic rings. The van der Waals surface area contributed by atoms with Gasteiger partial charge in [0.05, 0.1) is 0 Å². The van der Waals surface area contributed by atoms with E-state index in [2.05, 4.69) is 154 Å². The minimum Gasteiger partial charge on any atom is -0.310 e. The van der Waals surface area contributed by atoms with Crippen molar-refractivity contribution in [3.8, 4) is 0 Å². The summed E-state index contributed by atoms with van der Waals surface area (Å²) in [5, 5.41) is 18.9. The van der Waals surface area contributed by atoms with Crippen LogP contribution in [0, 0.1) is 140 Å². The Labute approximate surface area is 459 Å². The second kappa shape index (κ2) is 17.1. The van der Waals surface area contributed by atoms with Crippen LogP contribution in [0.25, 0.3) is 0 Å². The maximum absolute atomic E-state index is 16.4. The number of rotatable bonds is 2. The number of benzene rings is 2. The standard InChI is InChI=1S/C70H100N4O2/c1-67(2,3)37-23-35-25-45(69(7,8)9)55-39-29-47-53(33-19-15-13-16-20-33)48-30-40-56-46(70(10,11)12)26-36-24-38(68(4,5)6)28-42-52(36)58(56)60(62(40)72-48)64-44(66(42)76)32-50(74-64)54(34-21-17-14-18-22-34)49-31-43-63(73-49)59(61(39)71-47)57(55)51(35)41(27-37)65(43)75/h13-22,35-64,71-74H,23-32H2,1-12H3. The number of carbonyl (C=O) groups is 2. The van der Waals surface area contributed by atoms with Crippen LogP contribution >= 0.6 is 0 Å². The molecule has 8 aliphatic carbocycles. The van der Waals surface area contributed by atoms with Gasteiger partial charge in [-0.25, -0.2) is 0 Å². The van der Waals surface area contributed by atoms with Crippen LogP contribution in [0.5, 0.6) is 0 Å². The lowest BCUT2D eigenvalue weighted by molar-refractivity contribution is -0.139. The van der Waals surface area contributed by atoms with Crippen LogP contribution < -0.4 is 21.3 Å². The van der Waals surface area contributed by atoms with Gasteiger partial charge < -0.3 is 21.3 Å². The Morgan fingerprint density at radius 1 is 0.342 bits per heavy atom. The molecule has 6 nitrogen and oxygen atoms in total. The van der Waals surface area contributed by atoms with E-state index >= 15 is 9.59 Å². The third-order valence-corrected chi connectivity index (χ3v) is 27.3. The number of nitrogens with one attached hydrogen (secondary N) is 4. The third kappa shape index (κ3) is 7.27. The first-order valence-corrected chi connectivity index (χ1v) is 32.3. The van der Waals surface area contributed by atoms with Crippen molar-refractivity contribution in [3.05, 3.63) is 71.8 Å². The van der Waals surface area contributed by atoms with Crippen molar-refractivity contribution in [2.75, 3.05) is 0 Å².